The lowest BCUT2D eigenvalue weighted by atomic mass is 9.85. The number of phosphoric acid groups is 2. The van der Waals surface area contributed by atoms with Gasteiger partial charge in [-0.05, 0) is 83.5 Å². The van der Waals surface area contributed by atoms with Crippen LogP contribution in [0.15, 0.2) is 109 Å². The maximum absolute atomic E-state index is 13.0. The second kappa shape index (κ2) is 38.4. The second-order valence-electron chi connectivity index (χ2n) is 15.9. The molecule has 0 heterocycles. The van der Waals surface area contributed by atoms with Gasteiger partial charge in [0.25, 0.3) is 0 Å². The number of rotatable bonds is 37. The zero-order valence-electron chi connectivity index (χ0n) is 39.6. The van der Waals surface area contributed by atoms with Gasteiger partial charge in [-0.3, -0.25) is 23.2 Å². The Morgan fingerprint density at radius 2 is 1.06 bits per heavy atom. The molecule has 1 fully saturated rings. The molecule has 1 aliphatic carbocycles. The average Bonchev–Trinajstić information content (AvgIpc) is 3.29. The predicted octanol–water partition coefficient (Wildman–Crippen LogP) is 7.92. The van der Waals surface area contributed by atoms with Crippen molar-refractivity contribution in [3.05, 3.63) is 109 Å². The predicted molar refractivity (Wildman–Crippen MR) is 261 cm³/mol. The minimum atomic E-state index is -5.40. The molecule has 1 aliphatic rings. The first-order valence-corrected chi connectivity index (χ1v) is 26.6. The Kier molecular flexibility index (Phi) is 35.4. The highest BCUT2D eigenvalue weighted by Crippen LogP contribution is 2.49. The lowest BCUT2D eigenvalue weighted by Gasteiger charge is -2.43. The van der Waals surface area contributed by atoms with Crippen molar-refractivity contribution in [3.63, 3.8) is 0 Å². The number of ether oxygens (including phenoxy) is 2. The van der Waals surface area contributed by atoms with E-state index in [4.69, 9.17) is 18.5 Å². The van der Waals surface area contributed by atoms with Gasteiger partial charge in [-0.25, -0.2) is 9.13 Å². The molecule has 0 aromatic rings. The van der Waals surface area contributed by atoms with Crippen LogP contribution in [0.3, 0.4) is 0 Å². The Morgan fingerprint density at radius 3 is 1.60 bits per heavy atom. The zero-order chi connectivity index (χ0) is 50.5. The maximum atomic E-state index is 13.0. The first kappa shape index (κ1) is 62.6. The highest BCUT2D eigenvalue weighted by molar-refractivity contribution is 7.47. The van der Waals surface area contributed by atoms with Gasteiger partial charge in [-0.2, -0.15) is 0 Å². The van der Waals surface area contributed by atoms with Crippen LogP contribution >= 0.6 is 15.6 Å². The molecule has 0 aromatic carbocycles. The number of unbranched alkanes of at least 4 members (excludes halogenated alkanes) is 4. The molecule has 0 saturated heterocycles. The number of phosphoric ester groups is 2. The third-order valence-corrected chi connectivity index (χ3v) is 11.4. The second-order valence-corrected chi connectivity index (χ2v) is 18.5. The van der Waals surface area contributed by atoms with Crippen molar-refractivity contribution in [2.24, 2.45) is 0 Å². The molecule has 0 amide bonds. The van der Waals surface area contributed by atoms with Crippen molar-refractivity contribution in [1.29, 1.82) is 0 Å². The molecule has 0 bridgehead atoms. The Morgan fingerprint density at radius 1 is 0.559 bits per heavy atom. The minimum Gasteiger partial charge on any atom is -0.462 e. The van der Waals surface area contributed by atoms with Crippen molar-refractivity contribution in [2.45, 2.75) is 172 Å². The number of allylic oxidation sites excluding steroid dienone is 17. The normalized spacial score (nSPS) is 22.7. The summed E-state index contributed by atoms with van der Waals surface area (Å²) in [6.45, 7) is 2.74. The van der Waals surface area contributed by atoms with Gasteiger partial charge >= 0.3 is 27.6 Å². The molecule has 17 nitrogen and oxygen atoms in total. The van der Waals surface area contributed by atoms with E-state index in [9.17, 15) is 58.9 Å². The van der Waals surface area contributed by atoms with Crippen molar-refractivity contribution < 1.29 is 82.0 Å². The molecule has 0 aromatic heterocycles. The van der Waals surface area contributed by atoms with Gasteiger partial charge in [-0.1, -0.05) is 136 Å². The Balaban J connectivity index is 2.74. The fourth-order valence-corrected chi connectivity index (χ4v) is 7.82. The van der Waals surface area contributed by atoms with E-state index in [1.54, 1.807) is 18.2 Å². The third kappa shape index (κ3) is 32.4. The first-order valence-electron chi connectivity index (χ1n) is 23.5. The topological polar surface area (TPSA) is 276 Å². The maximum Gasteiger partial charge on any atom is 0.472 e. The van der Waals surface area contributed by atoms with Gasteiger partial charge in [0.2, 0.25) is 0 Å². The molecule has 0 radical (unpaired) electrons. The molecule has 6 unspecified atom stereocenters. The van der Waals surface area contributed by atoms with Crippen LogP contribution in [0.1, 0.15) is 123 Å². The summed E-state index contributed by atoms with van der Waals surface area (Å²) in [6.07, 6.45) is 32.1. The van der Waals surface area contributed by atoms with Crippen LogP contribution in [0.2, 0.25) is 0 Å². The molecular formula is C49H78O17P2. The lowest BCUT2D eigenvalue weighted by molar-refractivity contribution is -0.216. The summed E-state index contributed by atoms with van der Waals surface area (Å²) >= 11 is 0. The molecule has 386 valence electrons. The minimum absolute atomic E-state index is 0.00302. The van der Waals surface area contributed by atoms with Gasteiger partial charge in [-0.15, -0.1) is 0 Å². The highest BCUT2D eigenvalue weighted by Gasteiger charge is 2.54. The number of esters is 2. The van der Waals surface area contributed by atoms with E-state index in [1.165, 1.54) is 19.3 Å². The summed E-state index contributed by atoms with van der Waals surface area (Å²) in [5.74, 6) is -1.49. The summed E-state index contributed by atoms with van der Waals surface area (Å²) in [7, 11) is -10.8. The fraction of sp³-hybridized carbons (Fsp3) is 0.592. The van der Waals surface area contributed by atoms with Crippen LogP contribution in [-0.4, -0.2) is 114 Å². The lowest BCUT2D eigenvalue weighted by Crippen LogP contribution is -2.64. The van der Waals surface area contributed by atoms with Gasteiger partial charge < -0.3 is 49.7 Å². The van der Waals surface area contributed by atoms with E-state index in [0.29, 0.717) is 19.3 Å². The molecular weight excluding hydrogens is 922 g/mol. The van der Waals surface area contributed by atoms with Crippen LogP contribution in [0.5, 0.6) is 0 Å². The van der Waals surface area contributed by atoms with Crippen molar-refractivity contribution in [3.8, 4) is 0 Å². The standard InChI is InChI=1S/C49H78O17P2/c1-3-5-7-9-11-13-15-17-18-19-20-22-24-26-28-30-32-36-42(51)62-38-41(39-63-68(60,61)66-49-46(55)44(53)45(54)48(47(49)56)65-67(57,58)59)64-43(52)37-33-35-40(50)34-31-29-27-25-23-21-16-14-12-10-8-6-4-2/h6,8,11-14,17-18,20-23,26-29,31,34,40-41,44-50,53-56H,3-5,7,9-10,15-16,19,24-25,30,32-33,35-39H2,1-2H3,(H,60,61)(H2,57,58,59)/b8-6-,13-11-,14-12-,18-17-,22-20-,23-21-,28-26-,29-27-,34-31+/t40?,41-,44?,45?,46?,47?,48-,49+/m1/s1. The Bertz CT molecular complexity index is 1750. The quantitative estimate of drug-likeness (QED) is 0.00965. The smallest absolute Gasteiger partial charge is 0.462 e. The molecule has 0 spiro atoms. The number of hydrogen-bond donors (Lipinski definition) is 8. The summed E-state index contributed by atoms with van der Waals surface area (Å²) in [5, 5.41) is 51.6. The number of hydrogen-bond acceptors (Lipinski definition) is 14. The van der Waals surface area contributed by atoms with Gasteiger partial charge in [0.05, 0.1) is 12.7 Å². The summed E-state index contributed by atoms with van der Waals surface area (Å²) in [6, 6.07) is 0. The van der Waals surface area contributed by atoms with E-state index in [2.05, 4.69) is 79.1 Å². The van der Waals surface area contributed by atoms with Gasteiger partial charge in [0.15, 0.2) is 6.10 Å². The number of carbonyl (C=O) groups is 2. The Hall–Kier alpha value is -3.38. The summed E-state index contributed by atoms with van der Waals surface area (Å²) in [5.41, 5.74) is 0. The van der Waals surface area contributed by atoms with E-state index >= 15 is 0 Å². The van der Waals surface area contributed by atoms with E-state index in [-0.39, 0.29) is 25.7 Å². The van der Waals surface area contributed by atoms with Crippen LogP contribution in [0.25, 0.3) is 0 Å². The van der Waals surface area contributed by atoms with Crippen LogP contribution < -0.4 is 0 Å². The molecule has 19 heteroatoms. The van der Waals surface area contributed by atoms with Crippen LogP contribution in [0.4, 0.5) is 0 Å². The monoisotopic (exact) mass is 1000 g/mol. The largest absolute Gasteiger partial charge is 0.472 e. The number of aliphatic hydroxyl groups is 5. The van der Waals surface area contributed by atoms with Gasteiger partial charge in [0.1, 0.15) is 43.2 Å². The summed E-state index contributed by atoms with van der Waals surface area (Å²) in [4.78, 5) is 54.3. The molecule has 8 N–H and O–H groups in total. The zero-order valence-corrected chi connectivity index (χ0v) is 41.4. The number of aliphatic hydroxyl groups excluding tert-OH is 5. The van der Waals surface area contributed by atoms with Crippen LogP contribution in [-0.2, 0) is 41.8 Å². The molecule has 1 rings (SSSR count). The third-order valence-electron chi connectivity index (χ3n) is 9.93. The molecule has 9 atom stereocenters. The van der Waals surface area contributed by atoms with Gasteiger partial charge in [0, 0.05) is 12.8 Å². The van der Waals surface area contributed by atoms with Crippen molar-refractivity contribution in [1.82, 2.24) is 0 Å². The van der Waals surface area contributed by atoms with Crippen molar-refractivity contribution in [2.75, 3.05) is 13.2 Å². The average molecular weight is 1000 g/mol. The van der Waals surface area contributed by atoms with E-state index < -0.39 is 89.6 Å². The number of carbonyl (C=O) groups excluding carboxylic acids is 2. The highest BCUT2D eigenvalue weighted by atomic mass is 31.2. The Labute approximate surface area is 402 Å². The molecule has 68 heavy (non-hydrogen) atoms. The van der Waals surface area contributed by atoms with E-state index in [1.807, 2.05) is 30.4 Å². The van der Waals surface area contributed by atoms with Crippen molar-refractivity contribution >= 4 is 27.6 Å². The van der Waals surface area contributed by atoms with Crippen LogP contribution in [0, 0.1) is 0 Å². The first-order chi connectivity index (χ1) is 32.5. The SMILES string of the molecule is CC/C=C\C/C=C\C/C=C\C/C=C\C=C\C(O)CCCC(=O)O[C@H](COC(=O)CCC/C=C\C/C=C\C/C=C\C/C=C\CCCCC)COP(=O)(O)O[C@H]1C(O)C(O)C(O)[C@@H](OP(=O)(O)O)C1O. The van der Waals surface area contributed by atoms with E-state index in [0.717, 1.165) is 44.9 Å². The molecule has 0 aliphatic heterocycles. The fourth-order valence-electron chi connectivity index (χ4n) is 6.28. The summed E-state index contributed by atoms with van der Waals surface area (Å²) < 4.78 is 49.1. The molecule has 1 saturated carbocycles.